The van der Waals surface area contributed by atoms with Gasteiger partial charge in [0.2, 0.25) is 5.91 Å². The Balaban J connectivity index is 2.67. The average Bonchev–Trinajstić information content (AvgIpc) is 2.21. The fraction of sp³-hybridized carbons (Fsp3) is 0.889. The molecule has 7 heteroatoms. The first kappa shape index (κ1) is 13.3. The Morgan fingerprint density at radius 3 is 2.50 bits per heavy atom. The van der Waals surface area contributed by atoms with Crippen molar-refractivity contribution in [3.8, 4) is 0 Å². The highest BCUT2D eigenvalue weighted by Crippen LogP contribution is 2.20. The number of carbonyl (C=O) groups is 1. The monoisotopic (exact) mass is 235 g/mol. The van der Waals surface area contributed by atoms with E-state index < -0.39 is 36.6 Å². The Kier molecular flexibility index (Phi) is 4.63. The van der Waals surface area contributed by atoms with Gasteiger partial charge in [-0.3, -0.25) is 4.79 Å². The van der Waals surface area contributed by atoms with Crippen molar-refractivity contribution < 1.29 is 29.6 Å². The maximum absolute atomic E-state index is 10.8. The Morgan fingerprint density at radius 1 is 1.38 bits per heavy atom. The highest BCUT2D eigenvalue weighted by atomic mass is 16.6. The van der Waals surface area contributed by atoms with E-state index in [4.69, 9.17) is 9.47 Å². The van der Waals surface area contributed by atoms with Crippen LogP contribution < -0.4 is 5.32 Å². The number of aliphatic hydroxyl groups is 3. The molecule has 0 saturated carbocycles. The normalized spacial score (nSPS) is 39.4. The van der Waals surface area contributed by atoms with Crippen LogP contribution in [0.15, 0.2) is 0 Å². The summed E-state index contributed by atoms with van der Waals surface area (Å²) >= 11 is 0. The van der Waals surface area contributed by atoms with Gasteiger partial charge in [-0.25, -0.2) is 0 Å². The van der Waals surface area contributed by atoms with E-state index in [0.29, 0.717) is 0 Å². The summed E-state index contributed by atoms with van der Waals surface area (Å²) < 4.78 is 9.80. The number of ether oxygens (including phenoxy) is 2. The summed E-state index contributed by atoms with van der Waals surface area (Å²) in [6.07, 6.45) is -4.71. The standard InChI is InChI=1S/C9H17NO6/c1-4(11)10-6-8(13)7(12)5(3-15-2)16-9(6)14/h5-9,12-14H,3H2,1-2H3,(H,10,11)/t5-,6-,7-,8-,9+/m1/s1. The fourth-order valence-corrected chi connectivity index (χ4v) is 1.64. The second-order valence-corrected chi connectivity index (χ2v) is 3.73. The summed E-state index contributed by atoms with van der Waals surface area (Å²) in [5.41, 5.74) is 0. The van der Waals surface area contributed by atoms with Gasteiger partial charge in [0, 0.05) is 14.0 Å². The molecule has 1 saturated heterocycles. The van der Waals surface area contributed by atoms with Crippen LogP contribution in [0.5, 0.6) is 0 Å². The van der Waals surface area contributed by atoms with E-state index in [9.17, 15) is 20.1 Å². The largest absolute Gasteiger partial charge is 0.388 e. The molecule has 94 valence electrons. The zero-order valence-electron chi connectivity index (χ0n) is 9.16. The molecule has 1 aliphatic rings. The molecule has 4 N–H and O–H groups in total. The number of nitrogens with one attached hydrogen (secondary N) is 1. The van der Waals surface area contributed by atoms with E-state index >= 15 is 0 Å². The fourth-order valence-electron chi connectivity index (χ4n) is 1.64. The maximum atomic E-state index is 10.8. The van der Waals surface area contributed by atoms with E-state index in [-0.39, 0.29) is 6.61 Å². The van der Waals surface area contributed by atoms with Gasteiger partial charge in [-0.2, -0.15) is 0 Å². The van der Waals surface area contributed by atoms with Crippen LogP contribution in [0, 0.1) is 0 Å². The van der Waals surface area contributed by atoms with Crippen molar-refractivity contribution in [2.45, 2.75) is 37.6 Å². The number of methoxy groups -OCH3 is 1. The molecule has 1 heterocycles. The van der Waals surface area contributed by atoms with Crippen molar-refractivity contribution in [2.24, 2.45) is 0 Å². The third kappa shape index (κ3) is 2.89. The van der Waals surface area contributed by atoms with E-state index in [0.717, 1.165) is 0 Å². The highest BCUT2D eigenvalue weighted by molar-refractivity contribution is 5.73. The lowest BCUT2D eigenvalue weighted by atomic mass is 9.97. The molecule has 0 aromatic carbocycles. The van der Waals surface area contributed by atoms with Crippen LogP contribution in [0.1, 0.15) is 6.92 Å². The number of rotatable bonds is 3. The van der Waals surface area contributed by atoms with Gasteiger partial charge in [0.05, 0.1) is 6.61 Å². The van der Waals surface area contributed by atoms with Gasteiger partial charge in [-0.1, -0.05) is 0 Å². The zero-order valence-corrected chi connectivity index (χ0v) is 9.16. The number of carbonyl (C=O) groups excluding carboxylic acids is 1. The lowest BCUT2D eigenvalue weighted by Crippen LogP contribution is -2.64. The van der Waals surface area contributed by atoms with Crippen molar-refractivity contribution in [2.75, 3.05) is 13.7 Å². The molecule has 1 fully saturated rings. The molecule has 1 amide bonds. The predicted molar refractivity (Wildman–Crippen MR) is 52.4 cm³/mol. The Morgan fingerprint density at radius 2 is 2.00 bits per heavy atom. The summed E-state index contributed by atoms with van der Waals surface area (Å²) in [6, 6.07) is -1.04. The van der Waals surface area contributed by atoms with Gasteiger partial charge in [0.25, 0.3) is 0 Å². The molecule has 1 aliphatic heterocycles. The van der Waals surface area contributed by atoms with Crippen molar-refractivity contribution in [3.05, 3.63) is 0 Å². The minimum absolute atomic E-state index is 0.0437. The van der Waals surface area contributed by atoms with Gasteiger partial charge >= 0.3 is 0 Å². The first-order valence-corrected chi connectivity index (χ1v) is 4.93. The summed E-state index contributed by atoms with van der Waals surface area (Å²) in [4.78, 5) is 10.8. The van der Waals surface area contributed by atoms with Crippen LogP contribution in [-0.2, 0) is 14.3 Å². The molecule has 5 atom stereocenters. The van der Waals surface area contributed by atoms with Gasteiger partial charge in [0.15, 0.2) is 6.29 Å². The van der Waals surface area contributed by atoms with Crippen LogP contribution >= 0.6 is 0 Å². The molecule has 7 nitrogen and oxygen atoms in total. The molecule has 0 spiro atoms. The molecule has 16 heavy (non-hydrogen) atoms. The molecule has 1 rings (SSSR count). The SMILES string of the molecule is COC[C@H]1O[C@H](O)[C@H](NC(C)=O)[C@@H](O)[C@@H]1O. The van der Waals surface area contributed by atoms with Crippen molar-refractivity contribution in [1.29, 1.82) is 0 Å². The third-order valence-electron chi connectivity index (χ3n) is 2.42. The topological polar surface area (TPSA) is 108 Å². The van der Waals surface area contributed by atoms with Crippen LogP contribution in [0.25, 0.3) is 0 Å². The van der Waals surface area contributed by atoms with Gasteiger partial charge < -0.3 is 30.1 Å². The van der Waals surface area contributed by atoms with Gasteiger partial charge in [-0.15, -0.1) is 0 Å². The van der Waals surface area contributed by atoms with Crippen molar-refractivity contribution in [3.63, 3.8) is 0 Å². The molecule has 0 radical (unpaired) electrons. The van der Waals surface area contributed by atoms with Gasteiger partial charge in [0.1, 0.15) is 24.4 Å². The van der Waals surface area contributed by atoms with E-state index in [1.807, 2.05) is 0 Å². The number of aliphatic hydroxyl groups excluding tert-OH is 3. The van der Waals surface area contributed by atoms with Crippen molar-refractivity contribution in [1.82, 2.24) is 5.32 Å². The molecule has 0 unspecified atom stereocenters. The Hall–Kier alpha value is -0.730. The minimum Gasteiger partial charge on any atom is -0.388 e. The summed E-state index contributed by atoms with van der Waals surface area (Å²) in [5.74, 6) is -0.427. The van der Waals surface area contributed by atoms with E-state index in [1.54, 1.807) is 0 Å². The quantitative estimate of drug-likeness (QED) is 0.433. The van der Waals surface area contributed by atoms with Gasteiger partial charge in [-0.05, 0) is 0 Å². The predicted octanol–water partition coefficient (Wildman–Crippen LogP) is -2.42. The van der Waals surface area contributed by atoms with Crippen LogP contribution in [0.2, 0.25) is 0 Å². The second-order valence-electron chi connectivity index (χ2n) is 3.73. The Labute approximate surface area is 93.0 Å². The minimum atomic E-state index is -1.37. The van der Waals surface area contributed by atoms with E-state index in [2.05, 4.69) is 5.32 Å². The summed E-state index contributed by atoms with van der Waals surface area (Å²) in [7, 11) is 1.41. The molecular formula is C9H17NO6. The molecule has 0 aliphatic carbocycles. The summed E-state index contributed by atoms with van der Waals surface area (Å²) in [6.45, 7) is 1.29. The number of hydrogen-bond donors (Lipinski definition) is 4. The summed E-state index contributed by atoms with van der Waals surface area (Å²) in [5, 5.41) is 31.2. The lowest BCUT2D eigenvalue weighted by Gasteiger charge is -2.40. The smallest absolute Gasteiger partial charge is 0.217 e. The van der Waals surface area contributed by atoms with Crippen molar-refractivity contribution >= 4 is 5.91 Å². The maximum Gasteiger partial charge on any atom is 0.217 e. The zero-order chi connectivity index (χ0) is 12.3. The average molecular weight is 235 g/mol. The first-order valence-electron chi connectivity index (χ1n) is 4.93. The number of hydrogen-bond acceptors (Lipinski definition) is 6. The highest BCUT2D eigenvalue weighted by Gasteiger charge is 2.44. The molecule has 0 aromatic rings. The molecule has 0 bridgehead atoms. The second kappa shape index (κ2) is 5.55. The Bertz CT molecular complexity index is 248. The van der Waals surface area contributed by atoms with Crippen LogP contribution in [-0.4, -0.2) is 65.6 Å². The lowest BCUT2D eigenvalue weighted by molar-refractivity contribution is -0.255. The first-order chi connectivity index (χ1) is 7.47. The number of amides is 1. The third-order valence-corrected chi connectivity index (χ3v) is 2.42. The molecule has 0 aromatic heterocycles. The van der Waals surface area contributed by atoms with E-state index in [1.165, 1.54) is 14.0 Å². The van der Waals surface area contributed by atoms with Crippen LogP contribution in [0.4, 0.5) is 0 Å². The van der Waals surface area contributed by atoms with Crippen LogP contribution in [0.3, 0.4) is 0 Å². The molecular weight excluding hydrogens is 218 g/mol.